The molecule has 1 aliphatic rings. The molecule has 2 aromatic carbocycles. The number of rotatable bonds is 24. The average molecular weight is 743 g/mol. The minimum Gasteiger partial charge on any atom is -0.144 e. The van der Waals surface area contributed by atoms with E-state index in [1.54, 1.807) is 4.24 Å². The van der Waals surface area contributed by atoms with Crippen molar-refractivity contribution < 1.29 is 0 Å². The van der Waals surface area contributed by atoms with Crippen LogP contribution in [0.3, 0.4) is 0 Å². The van der Waals surface area contributed by atoms with Gasteiger partial charge in [0.25, 0.3) is 0 Å². The third kappa shape index (κ3) is 11.1. The van der Waals surface area contributed by atoms with Crippen molar-refractivity contribution in [2.45, 2.75) is 143 Å². The highest BCUT2D eigenvalue weighted by molar-refractivity contribution is 8.22. The van der Waals surface area contributed by atoms with Crippen molar-refractivity contribution in [1.82, 2.24) is 0 Å². The van der Waals surface area contributed by atoms with Crippen LogP contribution >= 0.6 is 46.2 Å². The standard InChI is InChI=1S/C46H62S4/c1-5-9-13-17-21-35-29-43(49-33-35)37-23-25-39-40-26-24-38(44-30-36(34-50-44)22-18-14-10-6-2)32-42(40)45(41(39)31-37)46(47-27-19-15-11-7-3)48-28-20-16-12-8-4/h23-26,29-34H,5-22,27-28H2,1-4H3. The molecule has 0 spiro atoms. The summed E-state index contributed by atoms with van der Waals surface area (Å²) in [6.45, 7) is 9.24. The Labute approximate surface area is 322 Å². The molecule has 0 nitrogen and oxygen atoms in total. The summed E-state index contributed by atoms with van der Waals surface area (Å²) in [6.07, 6.45) is 23.6. The van der Waals surface area contributed by atoms with Crippen LogP contribution in [0, 0.1) is 0 Å². The second-order valence-corrected chi connectivity index (χ2v) is 18.6. The predicted octanol–water partition coefficient (Wildman–Crippen LogP) is 16.7. The van der Waals surface area contributed by atoms with Crippen molar-refractivity contribution in [2.24, 2.45) is 0 Å². The largest absolute Gasteiger partial charge is 0.144 e. The second-order valence-electron chi connectivity index (χ2n) is 14.3. The summed E-state index contributed by atoms with van der Waals surface area (Å²) in [7, 11) is 0. The first-order valence-corrected chi connectivity index (χ1v) is 23.8. The molecule has 2 heterocycles. The number of fused-ring (bicyclic) bond motifs is 3. The highest BCUT2D eigenvalue weighted by Crippen LogP contribution is 2.52. The van der Waals surface area contributed by atoms with Crippen molar-refractivity contribution in [3.63, 3.8) is 0 Å². The summed E-state index contributed by atoms with van der Waals surface area (Å²) < 4.78 is 1.55. The molecule has 50 heavy (non-hydrogen) atoms. The molecule has 0 saturated carbocycles. The van der Waals surface area contributed by atoms with E-state index in [1.807, 2.05) is 22.7 Å². The van der Waals surface area contributed by atoms with Gasteiger partial charge in [-0.2, -0.15) is 0 Å². The van der Waals surface area contributed by atoms with Gasteiger partial charge in [0.2, 0.25) is 0 Å². The molecule has 0 N–H and O–H groups in total. The van der Waals surface area contributed by atoms with Crippen LogP contribution in [0.25, 0.3) is 37.6 Å². The summed E-state index contributed by atoms with van der Waals surface area (Å²) >= 11 is 8.16. The van der Waals surface area contributed by atoms with E-state index in [1.165, 1.54) is 187 Å². The third-order valence-electron chi connectivity index (χ3n) is 10.0. The molecule has 0 aliphatic heterocycles. The van der Waals surface area contributed by atoms with E-state index in [2.05, 4.69) is 111 Å². The lowest BCUT2D eigenvalue weighted by atomic mass is 10.0. The minimum atomic E-state index is 1.21. The van der Waals surface area contributed by atoms with Gasteiger partial charge in [0.15, 0.2) is 0 Å². The summed E-state index contributed by atoms with van der Waals surface area (Å²) in [5, 5.41) is 4.82. The van der Waals surface area contributed by atoms with Crippen LogP contribution in [0.4, 0.5) is 0 Å². The van der Waals surface area contributed by atoms with Gasteiger partial charge in [0.05, 0.1) is 0 Å². The van der Waals surface area contributed by atoms with Crippen LogP contribution in [0.15, 0.2) is 63.5 Å². The second kappa shape index (κ2) is 21.7. The summed E-state index contributed by atoms with van der Waals surface area (Å²) in [5.41, 5.74) is 13.0. The maximum Gasteiger partial charge on any atom is 0.0486 e. The molecule has 270 valence electrons. The van der Waals surface area contributed by atoms with E-state index in [0.29, 0.717) is 0 Å². The van der Waals surface area contributed by atoms with Gasteiger partial charge >= 0.3 is 0 Å². The average Bonchev–Trinajstić information content (AvgIpc) is 3.88. The molecule has 0 fully saturated rings. The molecular weight excluding hydrogens is 681 g/mol. The predicted molar refractivity (Wildman–Crippen MR) is 233 cm³/mol. The lowest BCUT2D eigenvalue weighted by molar-refractivity contribution is 0.667. The van der Waals surface area contributed by atoms with Crippen molar-refractivity contribution >= 4 is 51.8 Å². The van der Waals surface area contributed by atoms with Gasteiger partial charge in [-0.1, -0.05) is 129 Å². The van der Waals surface area contributed by atoms with Gasteiger partial charge in [-0.25, -0.2) is 0 Å². The van der Waals surface area contributed by atoms with Gasteiger partial charge in [0.1, 0.15) is 0 Å². The molecular formula is C46H62S4. The van der Waals surface area contributed by atoms with Gasteiger partial charge in [-0.3, -0.25) is 0 Å². The summed E-state index contributed by atoms with van der Waals surface area (Å²) in [4.78, 5) is 2.83. The lowest BCUT2D eigenvalue weighted by Crippen LogP contribution is -1.91. The number of benzene rings is 2. The first-order valence-electron chi connectivity index (χ1n) is 20.1. The number of thioether (sulfide) groups is 2. The molecule has 2 aromatic heterocycles. The fourth-order valence-electron chi connectivity index (χ4n) is 7.04. The zero-order chi connectivity index (χ0) is 35.0. The number of aryl methyl sites for hydroxylation is 2. The van der Waals surface area contributed by atoms with Crippen LogP contribution in [-0.2, 0) is 12.8 Å². The number of hydrogen-bond donors (Lipinski definition) is 0. The molecule has 1 aliphatic carbocycles. The Kier molecular flexibility index (Phi) is 17.2. The maximum atomic E-state index is 2.55. The van der Waals surface area contributed by atoms with Crippen molar-refractivity contribution in [3.05, 3.63) is 85.8 Å². The number of unbranched alkanes of at least 4 members (excludes halogenated alkanes) is 12. The topological polar surface area (TPSA) is 0 Å². The Hall–Kier alpha value is -1.72. The zero-order valence-electron chi connectivity index (χ0n) is 31.5. The maximum absolute atomic E-state index is 2.55. The summed E-state index contributed by atoms with van der Waals surface area (Å²) in [6, 6.07) is 19.7. The fraction of sp³-hybridized carbons (Fsp3) is 0.522. The minimum absolute atomic E-state index is 1.21. The molecule has 4 aromatic rings. The highest BCUT2D eigenvalue weighted by atomic mass is 32.2. The van der Waals surface area contributed by atoms with E-state index in [-0.39, 0.29) is 0 Å². The lowest BCUT2D eigenvalue weighted by Gasteiger charge is -2.14. The van der Waals surface area contributed by atoms with Gasteiger partial charge in [-0.05, 0) is 130 Å². The van der Waals surface area contributed by atoms with Crippen LogP contribution in [0.2, 0.25) is 0 Å². The van der Waals surface area contributed by atoms with Crippen LogP contribution in [0.5, 0.6) is 0 Å². The first-order chi connectivity index (χ1) is 24.7. The molecule has 0 atom stereocenters. The van der Waals surface area contributed by atoms with Crippen molar-refractivity contribution in [3.8, 4) is 32.0 Å². The Morgan fingerprint density at radius 1 is 0.460 bits per heavy atom. The van der Waals surface area contributed by atoms with E-state index < -0.39 is 0 Å². The number of hydrogen-bond acceptors (Lipinski definition) is 4. The molecule has 0 amide bonds. The molecule has 5 rings (SSSR count). The Morgan fingerprint density at radius 3 is 1.30 bits per heavy atom. The van der Waals surface area contributed by atoms with Crippen molar-refractivity contribution in [1.29, 1.82) is 0 Å². The fourth-order valence-corrected chi connectivity index (χ4v) is 11.6. The SMILES string of the molecule is CCCCCCSC(SCCCCCC)=C1c2cc(-c3cc(CCCCCC)cs3)ccc2-c2ccc(-c3cc(CCCCCC)cs3)cc21. The molecule has 4 heteroatoms. The zero-order valence-corrected chi connectivity index (χ0v) is 34.8. The Morgan fingerprint density at radius 2 is 0.880 bits per heavy atom. The molecule has 0 radical (unpaired) electrons. The van der Waals surface area contributed by atoms with Gasteiger partial charge in [0, 0.05) is 19.6 Å². The van der Waals surface area contributed by atoms with Gasteiger partial charge < -0.3 is 0 Å². The highest BCUT2D eigenvalue weighted by Gasteiger charge is 2.28. The van der Waals surface area contributed by atoms with Crippen molar-refractivity contribution in [2.75, 3.05) is 11.5 Å². The van der Waals surface area contributed by atoms with E-state index in [0.717, 1.165) is 0 Å². The van der Waals surface area contributed by atoms with E-state index in [4.69, 9.17) is 0 Å². The van der Waals surface area contributed by atoms with E-state index >= 15 is 0 Å². The van der Waals surface area contributed by atoms with Crippen LogP contribution in [-0.4, -0.2) is 11.5 Å². The van der Waals surface area contributed by atoms with E-state index in [9.17, 15) is 0 Å². The quantitative estimate of drug-likeness (QED) is 0.0578. The normalized spacial score (nSPS) is 12.1. The molecule has 0 saturated heterocycles. The first kappa shape index (κ1) is 39.5. The monoisotopic (exact) mass is 742 g/mol. The molecule has 0 unspecified atom stereocenters. The van der Waals surface area contributed by atoms with Crippen LogP contribution < -0.4 is 0 Å². The Balaban J connectivity index is 1.50. The van der Waals surface area contributed by atoms with Crippen LogP contribution in [0.1, 0.15) is 153 Å². The van der Waals surface area contributed by atoms with Gasteiger partial charge in [-0.15, -0.1) is 46.2 Å². The third-order valence-corrected chi connectivity index (χ3v) is 14.7. The number of thiophene rings is 2. The smallest absolute Gasteiger partial charge is 0.0486 e. The summed E-state index contributed by atoms with van der Waals surface area (Å²) in [5.74, 6) is 2.42. The Bertz CT molecular complexity index is 1500. The molecule has 0 bridgehead atoms.